The number of hydrogen-bond donors (Lipinski definition) is 0. The lowest BCUT2D eigenvalue weighted by molar-refractivity contribution is -0.128. The summed E-state index contributed by atoms with van der Waals surface area (Å²) in [7, 11) is 0. The number of rotatable bonds is 0. The fourth-order valence-corrected chi connectivity index (χ4v) is 2.90. The SMILES string of the molecule is O=C1CC[C@@H]2C3=CCO[C@H]3CCCN12. The average Bonchev–Trinajstić information content (AvgIpc) is 2.72. The number of carbonyl (C=O) groups excluding carboxylic acids is 1. The third-order valence-corrected chi connectivity index (χ3v) is 3.57. The van der Waals surface area contributed by atoms with Gasteiger partial charge < -0.3 is 9.64 Å². The Morgan fingerprint density at radius 3 is 3.29 bits per heavy atom. The van der Waals surface area contributed by atoms with E-state index in [2.05, 4.69) is 11.0 Å². The van der Waals surface area contributed by atoms with Crippen molar-refractivity contribution in [2.24, 2.45) is 0 Å². The van der Waals surface area contributed by atoms with Crippen LogP contribution in [-0.2, 0) is 9.53 Å². The molecule has 3 aliphatic heterocycles. The molecular weight excluding hydrogens is 178 g/mol. The van der Waals surface area contributed by atoms with Crippen molar-refractivity contribution < 1.29 is 9.53 Å². The van der Waals surface area contributed by atoms with E-state index in [0.717, 1.165) is 38.8 Å². The van der Waals surface area contributed by atoms with Crippen LogP contribution < -0.4 is 0 Å². The lowest BCUT2D eigenvalue weighted by atomic mass is 9.99. The molecule has 3 heteroatoms. The maximum Gasteiger partial charge on any atom is 0.223 e. The van der Waals surface area contributed by atoms with Crippen LogP contribution in [-0.4, -0.2) is 36.1 Å². The lowest BCUT2D eigenvalue weighted by Crippen LogP contribution is -2.34. The Balaban J connectivity index is 1.92. The van der Waals surface area contributed by atoms with Gasteiger partial charge >= 0.3 is 0 Å². The molecule has 3 nitrogen and oxygen atoms in total. The first kappa shape index (κ1) is 8.48. The van der Waals surface area contributed by atoms with Crippen LogP contribution in [0, 0.1) is 0 Å². The molecule has 0 spiro atoms. The number of amides is 1. The highest BCUT2D eigenvalue weighted by molar-refractivity contribution is 5.79. The summed E-state index contributed by atoms with van der Waals surface area (Å²) in [5, 5.41) is 0. The van der Waals surface area contributed by atoms with Gasteiger partial charge in [-0.1, -0.05) is 6.08 Å². The molecule has 76 valence electrons. The zero-order chi connectivity index (χ0) is 9.54. The Morgan fingerprint density at radius 2 is 2.36 bits per heavy atom. The Kier molecular flexibility index (Phi) is 1.87. The minimum absolute atomic E-state index is 0.316. The Morgan fingerprint density at radius 1 is 1.43 bits per heavy atom. The fourth-order valence-electron chi connectivity index (χ4n) is 2.90. The van der Waals surface area contributed by atoms with Gasteiger partial charge in [0.15, 0.2) is 0 Å². The van der Waals surface area contributed by atoms with Crippen LogP contribution in [0.1, 0.15) is 25.7 Å². The van der Waals surface area contributed by atoms with Crippen molar-refractivity contribution in [3.05, 3.63) is 11.6 Å². The third kappa shape index (κ3) is 1.12. The molecule has 0 aromatic heterocycles. The minimum Gasteiger partial charge on any atom is -0.370 e. The van der Waals surface area contributed by atoms with Gasteiger partial charge in [-0.2, -0.15) is 0 Å². The summed E-state index contributed by atoms with van der Waals surface area (Å²) in [5.41, 5.74) is 1.38. The molecule has 2 atom stereocenters. The van der Waals surface area contributed by atoms with Gasteiger partial charge in [-0.05, 0) is 24.8 Å². The van der Waals surface area contributed by atoms with Gasteiger partial charge in [-0.25, -0.2) is 0 Å². The summed E-state index contributed by atoms with van der Waals surface area (Å²) in [6, 6.07) is 0.373. The van der Waals surface area contributed by atoms with Crippen molar-refractivity contribution in [3.63, 3.8) is 0 Å². The van der Waals surface area contributed by atoms with E-state index in [9.17, 15) is 4.79 Å². The van der Waals surface area contributed by atoms with Crippen LogP contribution in [0.2, 0.25) is 0 Å². The number of fused-ring (bicyclic) bond motifs is 3. The van der Waals surface area contributed by atoms with Crippen LogP contribution >= 0.6 is 0 Å². The quantitative estimate of drug-likeness (QED) is 0.539. The average molecular weight is 193 g/mol. The van der Waals surface area contributed by atoms with Crippen LogP contribution in [0.15, 0.2) is 11.6 Å². The van der Waals surface area contributed by atoms with E-state index in [1.54, 1.807) is 0 Å². The van der Waals surface area contributed by atoms with E-state index in [1.165, 1.54) is 5.57 Å². The van der Waals surface area contributed by atoms with Crippen molar-refractivity contribution in [1.82, 2.24) is 4.90 Å². The highest BCUT2D eigenvalue weighted by Gasteiger charge is 2.39. The summed E-state index contributed by atoms with van der Waals surface area (Å²) in [6.45, 7) is 1.68. The molecule has 0 N–H and O–H groups in total. The van der Waals surface area contributed by atoms with Crippen LogP contribution in [0.3, 0.4) is 0 Å². The second kappa shape index (κ2) is 3.09. The van der Waals surface area contributed by atoms with E-state index < -0.39 is 0 Å². The maximum atomic E-state index is 11.6. The largest absolute Gasteiger partial charge is 0.370 e. The van der Waals surface area contributed by atoms with Crippen LogP contribution in [0.25, 0.3) is 0 Å². The third-order valence-electron chi connectivity index (χ3n) is 3.57. The highest BCUT2D eigenvalue weighted by Crippen LogP contribution is 2.34. The first-order valence-electron chi connectivity index (χ1n) is 5.47. The molecule has 0 aromatic carbocycles. The zero-order valence-corrected chi connectivity index (χ0v) is 8.24. The van der Waals surface area contributed by atoms with E-state index in [4.69, 9.17) is 4.74 Å². The molecular formula is C11H15NO2. The van der Waals surface area contributed by atoms with Crippen LogP contribution in [0.4, 0.5) is 0 Å². The van der Waals surface area contributed by atoms with Crippen molar-refractivity contribution >= 4 is 5.91 Å². The first-order chi connectivity index (χ1) is 6.86. The van der Waals surface area contributed by atoms with Crippen molar-refractivity contribution in [1.29, 1.82) is 0 Å². The first-order valence-corrected chi connectivity index (χ1v) is 5.47. The zero-order valence-electron chi connectivity index (χ0n) is 8.24. The predicted octanol–water partition coefficient (Wildman–Crippen LogP) is 1.10. The van der Waals surface area contributed by atoms with E-state index in [1.807, 2.05) is 0 Å². The number of carbonyl (C=O) groups is 1. The fraction of sp³-hybridized carbons (Fsp3) is 0.727. The molecule has 1 amide bonds. The Bertz CT molecular complexity index is 298. The van der Waals surface area contributed by atoms with Gasteiger partial charge in [0.2, 0.25) is 5.91 Å². The smallest absolute Gasteiger partial charge is 0.223 e. The second-order valence-electron chi connectivity index (χ2n) is 4.31. The minimum atomic E-state index is 0.316. The van der Waals surface area contributed by atoms with Crippen LogP contribution in [0.5, 0.6) is 0 Å². The molecule has 14 heavy (non-hydrogen) atoms. The molecule has 2 fully saturated rings. The Hall–Kier alpha value is -0.830. The van der Waals surface area contributed by atoms with Crippen molar-refractivity contribution in [2.45, 2.75) is 37.8 Å². The van der Waals surface area contributed by atoms with Gasteiger partial charge in [0.25, 0.3) is 0 Å². The predicted molar refractivity (Wildman–Crippen MR) is 51.8 cm³/mol. The summed E-state index contributed by atoms with van der Waals surface area (Å²) in [6.07, 6.45) is 6.41. The van der Waals surface area contributed by atoms with E-state index >= 15 is 0 Å². The normalized spacial score (nSPS) is 36.4. The summed E-state index contributed by atoms with van der Waals surface area (Å²) in [4.78, 5) is 13.7. The van der Waals surface area contributed by atoms with Gasteiger partial charge in [0.05, 0.1) is 18.8 Å². The van der Waals surface area contributed by atoms with E-state index in [0.29, 0.717) is 18.1 Å². The maximum absolute atomic E-state index is 11.6. The van der Waals surface area contributed by atoms with E-state index in [-0.39, 0.29) is 0 Å². The molecule has 0 radical (unpaired) electrons. The van der Waals surface area contributed by atoms with Gasteiger partial charge in [-0.15, -0.1) is 0 Å². The molecule has 3 rings (SSSR count). The number of nitrogens with zero attached hydrogens (tertiary/aromatic N) is 1. The lowest BCUT2D eigenvalue weighted by Gasteiger charge is -2.23. The molecule has 0 bridgehead atoms. The topological polar surface area (TPSA) is 29.5 Å². The van der Waals surface area contributed by atoms with Gasteiger partial charge in [-0.3, -0.25) is 4.79 Å². The monoisotopic (exact) mass is 193 g/mol. The molecule has 3 aliphatic rings. The summed E-state index contributed by atoms with van der Waals surface area (Å²) in [5.74, 6) is 0.337. The Labute approximate surface area is 83.7 Å². The van der Waals surface area contributed by atoms with Gasteiger partial charge in [0.1, 0.15) is 0 Å². The second-order valence-corrected chi connectivity index (χ2v) is 4.31. The number of ether oxygens (including phenoxy) is 1. The summed E-state index contributed by atoms with van der Waals surface area (Å²) < 4.78 is 5.65. The molecule has 2 saturated heterocycles. The molecule has 0 unspecified atom stereocenters. The molecule has 3 heterocycles. The molecule has 0 aromatic rings. The highest BCUT2D eigenvalue weighted by atomic mass is 16.5. The van der Waals surface area contributed by atoms with Crippen molar-refractivity contribution in [3.8, 4) is 0 Å². The molecule has 0 saturated carbocycles. The number of hydrogen-bond acceptors (Lipinski definition) is 2. The summed E-state index contributed by atoms with van der Waals surface area (Å²) >= 11 is 0. The molecule has 0 aliphatic carbocycles. The van der Waals surface area contributed by atoms with Gasteiger partial charge in [0, 0.05) is 13.0 Å². The standard InChI is InChI=1S/C11H15NO2/c13-11-4-3-9-8-5-7-14-10(8)2-1-6-12(9)11/h5,9-10H,1-4,6-7H2/t9-,10+/m1/s1. The van der Waals surface area contributed by atoms with Crippen molar-refractivity contribution in [2.75, 3.05) is 13.2 Å².